The van der Waals surface area contributed by atoms with E-state index in [4.69, 9.17) is 8.92 Å². The monoisotopic (exact) mass is 303 g/mol. The molecule has 3 atom stereocenters. The van der Waals surface area contributed by atoms with Crippen molar-refractivity contribution in [2.24, 2.45) is 0 Å². The maximum absolute atomic E-state index is 11.9. The van der Waals surface area contributed by atoms with Crippen LogP contribution in [0.4, 0.5) is 0 Å². The van der Waals surface area contributed by atoms with E-state index in [1.54, 1.807) is 0 Å². The first-order valence-corrected chi connectivity index (χ1v) is 8.86. The van der Waals surface area contributed by atoms with Gasteiger partial charge >= 0.3 is 5.97 Å². The van der Waals surface area contributed by atoms with E-state index >= 15 is 0 Å². The van der Waals surface area contributed by atoms with Crippen LogP contribution in [0.5, 0.6) is 0 Å². The van der Waals surface area contributed by atoms with E-state index in [-0.39, 0.29) is 5.97 Å². The van der Waals surface area contributed by atoms with Crippen molar-refractivity contribution in [1.82, 2.24) is 4.90 Å². The topological polar surface area (TPSA) is 72.9 Å². The summed E-state index contributed by atoms with van der Waals surface area (Å²) in [5, 5.41) is -0.399. The highest BCUT2D eigenvalue weighted by Crippen LogP contribution is 2.37. The first-order valence-electron chi connectivity index (χ1n) is 7.38. The number of likely N-dealkylation sites (tertiary alicyclic amines) is 1. The first-order chi connectivity index (χ1) is 9.54. The van der Waals surface area contributed by atoms with Gasteiger partial charge < -0.3 is 4.74 Å². The smallest absolute Gasteiger partial charge is 0.320 e. The van der Waals surface area contributed by atoms with Crippen molar-refractivity contribution in [1.29, 1.82) is 0 Å². The molecule has 2 saturated heterocycles. The number of carbonyl (C=O) groups is 1. The fourth-order valence-electron chi connectivity index (χ4n) is 3.32. The molecule has 0 spiro atoms. The third kappa shape index (κ3) is 2.99. The number of hydrogen-bond acceptors (Lipinski definition) is 6. The van der Waals surface area contributed by atoms with Gasteiger partial charge in [0.15, 0.2) is 0 Å². The van der Waals surface area contributed by atoms with E-state index in [0.29, 0.717) is 25.8 Å². The highest BCUT2D eigenvalue weighted by molar-refractivity contribution is 7.87. The van der Waals surface area contributed by atoms with E-state index in [9.17, 15) is 13.2 Å². The van der Waals surface area contributed by atoms with Crippen LogP contribution in [0.25, 0.3) is 0 Å². The summed E-state index contributed by atoms with van der Waals surface area (Å²) in [7, 11) is -3.42. The molecule has 0 radical (unpaired) electrons. The molecule has 0 aromatic heterocycles. The minimum absolute atomic E-state index is 0.261. The summed E-state index contributed by atoms with van der Waals surface area (Å²) in [6.45, 7) is 2.19. The molecule has 0 aromatic carbocycles. The van der Waals surface area contributed by atoms with Crippen molar-refractivity contribution < 1.29 is 22.1 Å². The Kier molecular flexibility index (Phi) is 4.01. The fraction of sp³-hybridized carbons (Fsp3) is 0.923. The molecule has 3 unspecified atom stereocenters. The predicted molar refractivity (Wildman–Crippen MR) is 71.6 cm³/mol. The highest BCUT2D eigenvalue weighted by Gasteiger charge is 2.48. The number of hydrogen-bond donors (Lipinski definition) is 0. The fourth-order valence-corrected chi connectivity index (χ4v) is 4.87. The van der Waals surface area contributed by atoms with Gasteiger partial charge in [0.25, 0.3) is 10.1 Å². The number of esters is 1. The SMILES string of the molecule is O=C(CN1CCCCC1)OC1CCC2CC1OS2(=O)=O. The minimum Gasteiger partial charge on any atom is -0.459 e. The zero-order chi connectivity index (χ0) is 14.2. The number of rotatable bonds is 3. The Balaban J connectivity index is 1.52. The Morgan fingerprint density at radius 3 is 2.70 bits per heavy atom. The molecule has 6 nitrogen and oxygen atoms in total. The lowest BCUT2D eigenvalue weighted by molar-refractivity contribution is -0.156. The summed E-state index contributed by atoms with van der Waals surface area (Å²) in [6, 6.07) is 0. The minimum atomic E-state index is -3.42. The quantitative estimate of drug-likeness (QED) is 0.563. The average molecular weight is 303 g/mol. The number of carbonyl (C=O) groups excluding carboxylic acids is 1. The van der Waals surface area contributed by atoms with Gasteiger partial charge in [0.1, 0.15) is 12.2 Å². The predicted octanol–water partition coefficient (Wildman–Crippen LogP) is 0.665. The van der Waals surface area contributed by atoms with E-state index in [2.05, 4.69) is 4.90 Å². The van der Waals surface area contributed by atoms with Gasteiger partial charge in [0.2, 0.25) is 0 Å². The average Bonchev–Trinajstić information content (AvgIpc) is 2.65. The lowest BCUT2D eigenvalue weighted by Gasteiger charge is -2.28. The Labute approximate surface area is 119 Å². The summed E-state index contributed by atoms with van der Waals surface area (Å²) in [5.41, 5.74) is 0. The van der Waals surface area contributed by atoms with Crippen molar-refractivity contribution >= 4 is 16.1 Å². The zero-order valence-corrected chi connectivity index (χ0v) is 12.3. The van der Waals surface area contributed by atoms with Gasteiger partial charge in [-0.15, -0.1) is 0 Å². The largest absolute Gasteiger partial charge is 0.459 e. The van der Waals surface area contributed by atoms with Crippen molar-refractivity contribution in [3.63, 3.8) is 0 Å². The summed E-state index contributed by atoms with van der Waals surface area (Å²) >= 11 is 0. The Morgan fingerprint density at radius 1 is 1.20 bits per heavy atom. The van der Waals surface area contributed by atoms with E-state index in [1.807, 2.05) is 0 Å². The second kappa shape index (κ2) is 5.61. The second-order valence-corrected chi connectivity index (χ2v) is 7.77. The van der Waals surface area contributed by atoms with Crippen LogP contribution in [0, 0.1) is 0 Å². The summed E-state index contributed by atoms with van der Waals surface area (Å²) in [4.78, 5) is 14.0. The van der Waals surface area contributed by atoms with Crippen LogP contribution in [0.1, 0.15) is 38.5 Å². The number of ether oxygens (including phenoxy) is 1. The summed E-state index contributed by atoms with van der Waals surface area (Å²) in [6.07, 6.45) is 4.18. The molecule has 1 saturated carbocycles. The molecule has 0 N–H and O–H groups in total. The molecule has 3 rings (SSSR count). The van der Waals surface area contributed by atoms with Crippen LogP contribution in [0.2, 0.25) is 0 Å². The van der Waals surface area contributed by atoms with Gasteiger partial charge in [-0.2, -0.15) is 8.42 Å². The molecule has 7 heteroatoms. The first kappa shape index (κ1) is 14.3. The standard InChI is InChI=1S/C13H21NO5S/c15-13(9-14-6-2-1-3-7-14)18-11-5-4-10-8-12(11)19-20(10,16)17/h10-12H,1-9H2. The molecular weight excluding hydrogens is 282 g/mol. The maximum Gasteiger partial charge on any atom is 0.320 e. The van der Waals surface area contributed by atoms with Gasteiger partial charge in [-0.1, -0.05) is 6.42 Å². The van der Waals surface area contributed by atoms with Gasteiger partial charge in [-0.25, -0.2) is 0 Å². The molecule has 1 aliphatic carbocycles. The van der Waals surface area contributed by atoms with E-state index < -0.39 is 27.6 Å². The van der Waals surface area contributed by atoms with Crippen LogP contribution in [0.15, 0.2) is 0 Å². The van der Waals surface area contributed by atoms with Crippen molar-refractivity contribution in [2.45, 2.75) is 56.0 Å². The zero-order valence-electron chi connectivity index (χ0n) is 11.5. The molecule has 2 heterocycles. The van der Waals surface area contributed by atoms with Gasteiger partial charge in [-0.05, 0) is 45.2 Å². The van der Waals surface area contributed by atoms with E-state index in [1.165, 1.54) is 6.42 Å². The van der Waals surface area contributed by atoms with Gasteiger partial charge in [0, 0.05) is 0 Å². The molecule has 3 fully saturated rings. The van der Waals surface area contributed by atoms with Crippen LogP contribution < -0.4 is 0 Å². The molecule has 20 heavy (non-hydrogen) atoms. The number of fused-ring (bicyclic) bond motifs is 2. The number of piperidine rings is 1. The third-order valence-corrected chi connectivity index (χ3v) is 6.19. The van der Waals surface area contributed by atoms with Crippen molar-refractivity contribution in [2.75, 3.05) is 19.6 Å². The molecule has 0 aromatic rings. The molecule has 2 aliphatic heterocycles. The van der Waals surface area contributed by atoms with Crippen LogP contribution in [-0.2, 0) is 23.8 Å². The lowest BCUT2D eigenvalue weighted by Crippen LogP contribution is -2.40. The third-order valence-electron chi connectivity index (χ3n) is 4.43. The molecular formula is C13H21NO5S. The lowest BCUT2D eigenvalue weighted by atomic mass is 9.94. The second-order valence-electron chi connectivity index (χ2n) is 5.93. The van der Waals surface area contributed by atoms with Crippen LogP contribution in [-0.4, -0.2) is 56.4 Å². The summed E-state index contributed by atoms with van der Waals surface area (Å²) in [5.74, 6) is -0.261. The molecule has 0 amide bonds. The molecule has 2 bridgehead atoms. The van der Waals surface area contributed by atoms with E-state index in [0.717, 1.165) is 25.9 Å². The maximum atomic E-state index is 11.9. The molecule has 3 aliphatic rings. The van der Waals surface area contributed by atoms with Gasteiger partial charge in [-0.3, -0.25) is 13.9 Å². The Morgan fingerprint density at radius 2 is 1.95 bits per heavy atom. The van der Waals surface area contributed by atoms with Crippen LogP contribution >= 0.6 is 0 Å². The Hall–Kier alpha value is -0.660. The van der Waals surface area contributed by atoms with Gasteiger partial charge in [0.05, 0.1) is 11.8 Å². The Bertz CT molecular complexity index is 471. The van der Waals surface area contributed by atoms with Crippen molar-refractivity contribution in [3.8, 4) is 0 Å². The summed E-state index contributed by atoms with van der Waals surface area (Å²) < 4.78 is 33.7. The van der Waals surface area contributed by atoms with Crippen LogP contribution in [0.3, 0.4) is 0 Å². The number of nitrogens with zero attached hydrogens (tertiary/aromatic N) is 1. The van der Waals surface area contributed by atoms with Crippen molar-refractivity contribution in [3.05, 3.63) is 0 Å². The normalized spacial score (nSPS) is 36.7. The molecule has 114 valence electrons. The highest BCUT2D eigenvalue weighted by atomic mass is 32.2.